The second kappa shape index (κ2) is 11.9. The van der Waals surface area contributed by atoms with Gasteiger partial charge in [-0.25, -0.2) is 4.79 Å². The molecular weight excluding hydrogens is 665 g/mol. The average molecular weight is 687 g/mol. The van der Waals surface area contributed by atoms with Crippen molar-refractivity contribution in [1.82, 2.24) is 9.55 Å². The maximum Gasteiger partial charge on any atom is 0.330 e. The van der Waals surface area contributed by atoms with Crippen LogP contribution in [0, 0.1) is 6.92 Å². The molecule has 0 saturated heterocycles. The number of aromatic amines is 1. The summed E-state index contributed by atoms with van der Waals surface area (Å²) in [5, 5.41) is 1.63. The van der Waals surface area contributed by atoms with E-state index in [2.05, 4.69) is 4.98 Å². The van der Waals surface area contributed by atoms with Crippen LogP contribution in [0.4, 0.5) is 0 Å². The van der Waals surface area contributed by atoms with Crippen LogP contribution in [0.25, 0.3) is 28.1 Å². The Hall–Kier alpha value is -2.45. The van der Waals surface area contributed by atoms with Crippen LogP contribution >= 0.6 is 69.6 Å². The molecule has 1 N–H and O–H groups in total. The normalized spacial score (nSPS) is 14.7. The first-order valence-corrected chi connectivity index (χ1v) is 15.0. The standard InChI is InChI=1S/C30H22Cl6N2O4/c1-16-13-38(22-5-2-4-17(24(16)22)6-7-23(40)42-15-30(34,35)36)28(41)26-19(25-20(32)10-18(31)11-21(25)33)12-37-27(26)29(14-39)8-3-9-29/h2,4-7,10-14,37H,3,8-9,15H2,1H3/b7-6+. The number of fused-ring (bicyclic) bond motifs is 1. The van der Waals surface area contributed by atoms with E-state index in [4.69, 9.17) is 74.3 Å². The third kappa shape index (κ3) is 5.86. The second-order valence-corrected chi connectivity index (χ2v) is 13.9. The fraction of sp³-hybridized carbons (Fsp3) is 0.233. The summed E-state index contributed by atoms with van der Waals surface area (Å²) in [7, 11) is 0. The molecular formula is C30H22Cl6N2O4. The molecule has 6 nitrogen and oxygen atoms in total. The molecule has 12 heteroatoms. The highest BCUT2D eigenvalue weighted by molar-refractivity contribution is 6.67. The second-order valence-electron chi connectivity index (χ2n) is 10.1. The topological polar surface area (TPSA) is 81.2 Å². The quantitative estimate of drug-likeness (QED) is 0.0910. The monoisotopic (exact) mass is 684 g/mol. The van der Waals surface area contributed by atoms with Crippen molar-refractivity contribution in [2.75, 3.05) is 6.61 Å². The largest absolute Gasteiger partial charge is 0.458 e. The lowest BCUT2D eigenvalue weighted by Gasteiger charge is -2.36. The van der Waals surface area contributed by atoms with Crippen molar-refractivity contribution in [2.45, 2.75) is 35.4 Å². The molecule has 4 aromatic rings. The number of carbonyl (C=O) groups is 3. The molecule has 218 valence electrons. The van der Waals surface area contributed by atoms with E-state index in [0.29, 0.717) is 51.3 Å². The molecule has 5 rings (SSSR count). The Kier molecular flexibility index (Phi) is 8.79. The van der Waals surface area contributed by atoms with E-state index in [1.807, 2.05) is 6.92 Å². The SMILES string of the molecule is Cc1cn(C(=O)c2c(-c3c(Cl)cc(Cl)cc3Cl)c[nH]c2C2(C=O)CCC2)c2cccc(/C=C/C(=O)OCC(Cl)(Cl)Cl)c12. The number of carbonyl (C=O) groups excluding carboxylic acids is 3. The molecule has 1 aliphatic rings. The number of rotatable bonds is 7. The van der Waals surface area contributed by atoms with Gasteiger partial charge >= 0.3 is 5.97 Å². The molecule has 0 amide bonds. The lowest BCUT2D eigenvalue weighted by Crippen LogP contribution is -2.38. The molecule has 0 atom stereocenters. The fourth-order valence-corrected chi connectivity index (χ4v) is 6.51. The van der Waals surface area contributed by atoms with Crippen molar-refractivity contribution >= 4 is 105 Å². The number of aryl methyl sites for hydroxylation is 1. The van der Waals surface area contributed by atoms with E-state index in [0.717, 1.165) is 23.7 Å². The van der Waals surface area contributed by atoms with Crippen molar-refractivity contribution in [2.24, 2.45) is 0 Å². The molecule has 0 aliphatic heterocycles. The van der Waals surface area contributed by atoms with Gasteiger partial charge in [-0.1, -0.05) is 88.2 Å². The van der Waals surface area contributed by atoms with Gasteiger partial charge < -0.3 is 14.5 Å². The van der Waals surface area contributed by atoms with Gasteiger partial charge in [0.05, 0.1) is 26.5 Å². The van der Waals surface area contributed by atoms with E-state index in [-0.39, 0.29) is 16.0 Å². The van der Waals surface area contributed by atoms with Crippen LogP contribution in [0.5, 0.6) is 0 Å². The number of aromatic nitrogens is 2. The van der Waals surface area contributed by atoms with Crippen LogP contribution in [0.15, 0.2) is 48.8 Å². The minimum atomic E-state index is -1.73. The highest BCUT2D eigenvalue weighted by Gasteiger charge is 2.44. The Labute approximate surface area is 271 Å². The number of ether oxygens (including phenoxy) is 1. The summed E-state index contributed by atoms with van der Waals surface area (Å²) in [5.74, 6) is -1.07. The highest BCUT2D eigenvalue weighted by Crippen LogP contribution is 2.47. The van der Waals surface area contributed by atoms with Gasteiger partial charge in [-0.2, -0.15) is 0 Å². The third-order valence-electron chi connectivity index (χ3n) is 7.39. The van der Waals surface area contributed by atoms with Gasteiger partial charge in [0.1, 0.15) is 12.9 Å². The molecule has 42 heavy (non-hydrogen) atoms. The van der Waals surface area contributed by atoms with Crippen LogP contribution in [0.2, 0.25) is 15.1 Å². The predicted molar refractivity (Wildman–Crippen MR) is 170 cm³/mol. The smallest absolute Gasteiger partial charge is 0.330 e. The first-order chi connectivity index (χ1) is 19.8. The van der Waals surface area contributed by atoms with Crippen LogP contribution in [-0.2, 0) is 19.7 Å². The summed E-state index contributed by atoms with van der Waals surface area (Å²) < 4.78 is 4.77. The van der Waals surface area contributed by atoms with Gasteiger partial charge in [0.25, 0.3) is 5.91 Å². The summed E-state index contributed by atoms with van der Waals surface area (Å²) >= 11 is 36.3. The van der Waals surface area contributed by atoms with E-state index in [1.165, 1.54) is 10.6 Å². The molecule has 0 bridgehead atoms. The Balaban J connectivity index is 1.63. The Morgan fingerprint density at radius 2 is 1.81 bits per heavy atom. The van der Waals surface area contributed by atoms with E-state index >= 15 is 0 Å². The molecule has 0 spiro atoms. The van der Waals surface area contributed by atoms with Crippen molar-refractivity contribution < 1.29 is 19.1 Å². The summed E-state index contributed by atoms with van der Waals surface area (Å²) in [4.78, 5) is 42.2. The van der Waals surface area contributed by atoms with Crippen molar-refractivity contribution in [3.8, 4) is 11.1 Å². The van der Waals surface area contributed by atoms with Gasteiger partial charge in [0.2, 0.25) is 3.79 Å². The van der Waals surface area contributed by atoms with Gasteiger partial charge in [-0.05, 0) is 55.2 Å². The van der Waals surface area contributed by atoms with Gasteiger partial charge in [-0.15, -0.1) is 0 Å². The Morgan fingerprint density at radius 1 is 1.12 bits per heavy atom. The Bertz CT molecular complexity index is 1740. The number of halogens is 6. The van der Waals surface area contributed by atoms with Crippen LogP contribution in [0.3, 0.4) is 0 Å². The minimum absolute atomic E-state index is 0.267. The number of hydrogen-bond donors (Lipinski definition) is 1. The lowest BCUT2D eigenvalue weighted by molar-refractivity contribution is -0.137. The van der Waals surface area contributed by atoms with Gasteiger partial charge in [-0.3, -0.25) is 9.36 Å². The first-order valence-electron chi connectivity index (χ1n) is 12.8. The zero-order valence-corrected chi connectivity index (χ0v) is 26.5. The number of nitrogens with one attached hydrogen (secondary N) is 1. The van der Waals surface area contributed by atoms with E-state index < -0.39 is 21.8 Å². The number of hydrogen-bond acceptors (Lipinski definition) is 4. The fourth-order valence-electron chi connectivity index (χ4n) is 5.32. The van der Waals surface area contributed by atoms with Crippen molar-refractivity contribution in [3.05, 3.63) is 86.3 Å². The summed E-state index contributed by atoms with van der Waals surface area (Å²) in [6.07, 6.45) is 9.13. The Morgan fingerprint density at radius 3 is 2.40 bits per heavy atom. The molecule has 2 aromatic carbocycles. The maximum absolute atomic E-state index is 14.5. The van der Waals surface area contributed by atoms with Crippen molar-refractivity contribution in [3.63, 3.8) is 0 Å². The van der Waals surface area contributed by atoms with Gasteiger partial charge in [0.15, 0.2) is 0 Å². The van der Waals surface area contributed by atoms with Crippen LogP contribution in [0.1, 0.15) is 46.4 Å². The third-order valence-corrected chi connectivity index (χ3v) is 8.53. The van der Waals surface area contributed by atoms with Gasteiger partial charge in [0, 0.05) is 45.7 Å². The number of H-pyrrole nitrogens is 1. The maximum atomic E-state index is 14.5. The number of aldehydes is 1. The minimum Gasteiger partial charge on any atom is -0.458 e. The number of nitrogens with zero attached hydrogens (tertiary/aromatic N) is 1. The molecule has 2 aromatic heterocycles. The highest BCUT2D eigenvalue weighted by atomic mass is 35.6. The molecule has 1 fully saturated rings. The molecule has 1 aliphatic carbocycles. The summed E-state index contributed by atoms with van der Waals surface area (Å²) in [6.45, 7) is 1.45. The van der Waals surface area contributed by atoms with Crippen molar-refractivity contribution in [1.29, 1.82) is 0 Å². The zero-order chi connectivity index (χ0) is 30.4. The predicted octanol–water partition coefficient (Wildman–Crippen LogP) is 9.14. The van der Waals surface area contributed by atoms with Crippen LogP contribution < -0.4 is 0 Å². The number of alkyl halides is 3. The van der Waals surface area contributed by atoms with E-state index in [9.17, 15) is 14.4 Å². The molecule has 2 heterocycles. The average Bonchev–Trinajstić information content (AvgIpc) is 3.47. The molecule has 0 radical (unpaired) electrons. The first kappa shape index (κ1) is 31.0. The van der Waals surface area contributed by atoms with E-state index in [1.54, 1.807) is 48.8 Å². The lowest BCUT2D eigenvalue weighted by atomic mass is 9.66. The van der Waals surface area contributed by atoms with Crippen LogP contribution in [-0.4, -0.2) is 38.1 Å². The summed E-state index contributed by atoms with van der Waals surface area (Å²) in [5.41, 5.74) is 2.91. The zero-order valence-electron chi connectivity index (χ0n) is 21.9. The molecule has 1 saturated carbocycles. The molecule has 0 unspecified atom stereocenters. The number of esters is 1. The number of benzene rings is 2. The summed E-state index contributed by atoms with van der Waals surface area (Å²) in [6, 6.07) is 8.47.